The summed E-state index contributed by atoms with van der Waals surface area (Å²) in [7, 11) is -3.76. The van der Waals surface area contributed by atoms with Crippen molar-refractivity contribution < 1.29 is 22.3 Å². The van der Waals surface area contributed by atoms with Gasteiger partial charge in [0.05, 0.1) is 35.0 Å². The normalized spacial score (nSPS) is 18.1. The first-order valence-electron chi connectivity index (χ1n) is 11.1. The third kappa shape index (κ3) is 5.48. The van der Waals surface area contributed by atoms with Gasteiger partial charge in [-0.15, -0.1) is 0 Å². The molecule has 2 aromatic carbocycles. The van der Waals surface area contributed by atoms with Gasteiger partial charge >= 0.3 is 0 Å². The first kappa shape index (κ1) is 23.9. The lowest BCUT2D eigenvalue weighted by molar-refractivity contribution is 0.0730. The van der Waals surface area contributed by atoms with E-state index < -0.39 is 21.7 Å². The lowest BCUT2D eigenvalue weighted by Crippen LogP contribution is -2.40. The topological polar surface area (TPSA) is 79.0 Å². The minimum atomic E-state index is -3.76. The second-order valence-corrected chi connectivity index (χ2v) is 10.5. The summed E-state index contributed by atoms with van der Waals surface area (Å²) >= 11 is 5.81. The van der Waals surface area contributed by atoms with E-state index >= 15 is 0 Å². The molecule has 4 rings (SSSR count). The fourth-order valence-electron chi connectivity index (χ4n) is 4.16. The zero-order chi connectivity index (χ0) is 23.4. The second kappa shape index (κ2) is 10.4. The van der Waals surface area contributed by atoms with Crippen LogP contribution < -0.4 is 10.2 Å². The SMILES string of the molecule is O=C(Nc1cc(S(=O)(=O)N2CCOCC2)ccc1N1CCCCCC1)c1ccc(Cl)cc1F. The van der Waals surface area contributed by atoms with Crippen molar-refractivity contribution in [3.8, 4) is 0 Å². The average molecular weight is 496 g/mol. The molecule has 0 saturated carbocycles. The number of rotatable bonds is 5. The van der Waals surface area contributed by atoms with Gasteiger partial charge in [0.25, 0.3) is 5.91 Å². The third-order valence-corrected chi connectivity index (χ3v) is 8.08. The smallest absolute Gasteiger partial charge is 0.258 e. The van der Waals surface area contributed by atoms with E-state index in [2.05, 4.69) is 10.2 Å². The van der Waals surface area contributed by atoms with Crippen molar-refractivity contribution >= 4 is 38.9 Å². The number of ether oxygens (including phenoxy) is 1. The highest BCUT2D eigenvalue weighted by atomic mass is 35.5. The summed E-state index contributed by atoms with van der Waals surface area (Å²) in [6.07, 6.45) is 4.26. The number of nitrogens with one attached hydrogen (secondary N) is 1. The summed E-state index contributed by atoms with van der Waals surface area (Å²) in [5, 5.41) is 2.94. The molecule has 2 saturated heterocycles. The van der Waals surface area contributed by atoms with Crippen molar-refractivity contribution in [3.05, 3.63) is 52.8 Å². The molecule has 10 heteroatoms. The number of carbonyl (C=O) groups excluding carboxylic acids is 1. The summed E-state index contributed by atoms with van der Waals surface area (Å²) < 4.78 is 47.4. The van der Waals surface area contributed by atoms with Crippen molar-refractivity contribution in [3.63, 3.8) is 0 Å². The first-order chi connectivity index (χ1) is 15.9. The number of morpholine rings is 1. The lowest BCUT2D eigenvalue weighted by atomic mass is 10.1. The number of sulfonamides is 1. The number of carbonyl (C=O) groups is 1. The standard InChI is InChI=1S/C23H27ClFN3O4S/c24-17-5-7-19(20(25)15-17)23(29)26-21-16-18(33(30,31)28-11-13-32-14-12-28)6-8-22(21)27-9-3-1-2-4-10-27/h5-8,15-16H,1-4,9-14H2,(H,26,29). The number of anilines is 2. The highest BCUT2D eigenvalue weighted by Crippen LogP contribution is 2.32. The molecule has 1 N–H and O–H groups in total. The van der Waals surface area contributed by atoms with Gasteiger partial charge in [0.2, 0.25) is 10.0 Å². The van der Waals surface area contributed by atoms with Crippen LogP contribution in [0.4, 0.5) is 15.8 Å². The van der Waals surface area contributed by atoms with Crippen LogP contribution in [0.1, 0.15) is 36.0 Å². The van der Waals surface area contributed by atoms with Crippen LogP contribution in [0.25, 0.3) is 0 Å². The Labute approximate surface area is 198 Å². The van der Waals surface area contributed by atoms with Gasteiger partial charge in [-0.2, -0.15) is 4.31 Å². The Morgan fingerprint density at radius 1 is 0.970 bits per heavy atom. The maximum atomic E-state index is 14.4. The van der Waals surface area contributed by atoms with Gasteiger partial charge in [-0.05, 0) is 49.2 Å². The highest BCUT2D eigenvalue weighted by Gasteiger charge is 2.28. The number of halogens is 2. The maximum absolute atomic E-state index is 14.4. The summed E-state index contributed by atoms with van der Waals surface area (Å²) in [5.41, 5.74) is 0.897. The minimum Gasteiger partial charge on any atom is -0.379 e. The molecule has 0 aliphatic carbocycles. The molecule has 1 amide bonds. The Morgan fingerprint density at radius 3 is 2.33 bits per heavy atom. The number of nitrogens with zero attached hydrogens (tertiary/aromatic N) is 2. The van der Waals surface area contributed by atoms with Crippen LogP contribution in [0, 0.1) is 5.82 Å². The summed E-state index contributed by atoms with van der Waals surface area (Å²) in [6.45, 7) is 2.82. The van der Waals surface area contributed by atoms with E-state index in [9.17, 15) is 17.6 Å². The molecular weight excluding hydrogens is 469 g/mol. The van der Waals surface area contributed by atoms with Crippen molar-refractivity contribution in [1.82, 2.24) is 4.31 Å². The van der Waals surface area contributed by atoms with Crippen LogP contribution in [0.3, 0.4) is 0 Å². The molecule has 178 valence electrons. The predicted octanol–water partition coefficient (Wildman–Crippen LogP) is 4.13. The van der Waals surface area contributed by atoms with Crippen LogP contribution in [-0.2, 0) is 14.8 Å². The average Bonchev–Trinajstić information content (AvgIpc) is 3.09. The van der Waals surface area contributed by atoms with Crippen molar-refractivity contribution in [1.29, 1.82) is 0 Å². The molecule has 33 heavy (non-hydrogen) atoms. The van der Waals surface area contributed by atoms with E-state index in [0.717, 1.165) is 50.5 Å². The van der Waals surface area contributed by atoms with E-state index in [1.165, 1.54) is 22.5 Å². The van der Waals surface area contributed by atoms with Crippen molar-refractivity contribution in [2.75, 3.05) is 49.6 Å². The van der Waals surface area contributed by atoms with Gasteiger partial charge in [-0.25, -0.2) is 12.8 Å². The zero-order valence-corrected chi connectivity index (χ0v) is 19.8. The maximum Gasteiger partial charge on any atom is 0.258 e. The zero-order valence-electron chi connectivity index (χ0n) is 18.2. The van der Waals surface area contributed by atoms with Crippen molar-refractivity contribution in [2.45, 2.75) is 30.6 Å². The number of benzene rings is 2. The highest BCUT2D eigenvalue weighted by molar-refractivity contribution is 7.89. The van der Waals surface area contributed by atoms with Gasteiger partial charge < -0.3 is 15.0 Å². The van der Waals surface area contributed by atoms with E-state index in [1.807, 2.05) is 0 Å². The monoisotopic (exact) mass is 495 g/mol. The van der Waals surface area contributed by atoms with Crippen LogP contribution in [0.2, 0.25) is 5.02 Å². The van der Waals surface area contributed by atoms with Gasteiger partial charge in [0.1, 0.15) is 5.82 Å². The molecule has 2 fully saturated rings. The number of amides is 1. The van der Waals surface area contributed by atoms with Gasteiger partial charge in [-0.3, -0.25) is 4.79 Å². The molecule has 2 aromatic rings. The molecule has 7 nitrogen and oxygen atoms in total. The first-order valence-corrected chi connectivity index (χ1v) is 12.9. The molecule has 2 heterocycles. The fraction of sp³-hybridized carbons (Fsp3) is 0.435. The lowest BCUT2D eigenvalue weighted by Gasteiger charge is -2.28. The Balaban J connectivity index is 1.70. The molecule has 0 aromatic heterocycles. The van der Waals surface area contributed by atoms with E-state index in [4.69, 9.17) is 16.3 Å². The minimum absolute atomic E-state index is 0.0786. The van der Waals surface area contributed by atoms with Gasteiger partial charge in [-0.1, -0.05) is 24.4 Å². The second-order valence-electron chi connectivity index (χ2n) is 8.17. The van der Waals surface area contributed by atoms with Gasteiger partial charge in [0.15, 0.2) is 0 Å². The number of hydrogen-bond acceptors (Lipinski definition) is 5. The van der Waals surface area contributed by atoms with E-state index in [-0.39, 0.29) is 28.6 Å². The molecule has 0 unspecified atom stereocenters. The summed E-state index contributed by atoms with van der Waals surface area (Å²) in [5.74, 6) is -1.41. The van der Waals surface area contributed by atoms with Crippen molar-refractivity contribution in [2.24, 2.45) is 0 Å². The Hall–Kier alpha value is -2.20. The summed E-state index contributed by atoms with van der Waals surface area (Å²) in [4.78, 5) is 15.1. The molecule has 0 spiro atoms. The van der Waals surface area contributed by atoms with Crippen LogP contribution in [-0.4, -0.2) is 58.0 Å². The molecule has 2 aliphatic rings. The Kier molecular flexibility index (Phi) is 7.53. The molecule has 0 radical (unpaired) electrons. The van der Waals surface area contributed by atoms with E-state index in [0.29, 0.717) is 18.9 Å². The predicted molar refractivity (Wildman–Crippen MR) is 126 cm³/mol. The molecule has 0 bridgehead atoms. The molecule has 2 aliphatic heterocycles. The Morgan fingerprint density at radius 2 is 1.67 bits per heavy atom. The Bertz CT molecular complexity index is 1110. The van der Waals surface area contributed by atoms with E-state index in [1.54, 1.807) is 12.1 Å². The quantitative estimate of drug-likeness (QED) is 0.674. The van der Waals surface area contributed by atoms with Crippen LogP contribution in [0.15, 0.2) is 41.3 Å². The molecule has 0 atom stereocenters. The largest absolute Gasteiger partial charge is 0.379 e. The molecular formula is C23H27ClFN3O4S. The number of hydrogen-bond donors (Lipinski definition) is 1. The van der Waals surface area contributed by atoms with Crippen LogP contribution >= 0.6 is 11.6 Å². The fourth-order valence-corrected chi connectivity index (χ4v) is 5.76. The third-order valence-electron chi connectivity index (χ3n) is 5.95. The van der Waals surface area contributed by atoms with Crippen LogP contribution in [0.5, 0.6) is 0 Å². The summed E-state index contributed by atoms with van der Waals surface area (Å²) in [6, 6.07) is 8.60. The van der Waals surface area contributed by atoms with Gasteiger partial charge in [0, 0.05) is 31.2 Å².